The van der Waals surface area contributed by atoms with Gasteiger partial charge in [0.1, 0.15) is 11.5 Å². The molecule has 1 fully saturated rings. The number of hydrogen-bond donors (Lipinski definition) is 0. The highest BCUT2D eigenvalue weighted by Gasteiger charge is 2.32. The molecule has 23 heavy (non-hydrogen) atoms. The Kier molecular flexibility index (Phi) is 5.16. The molecule has 3 heterocycles. The Morgan fingerprint density at radius 3 is 3.04 bits per heavy atom. The Hall–Kier alpha value is -1.62. The maximum atomic E-state index is 12.7. The molecule has 3 rings (SSSR count). The molecule has 0 aromatic carbocycles. The Bertz CT molecular complexity index is 635. The first-order chi connectivity index (χ1) is 11.2. The number of thiazole rings is 1. The molecule has 5 heteroatoms. The summed E-state index contributed by atoms with van der Waals surface area (Å²) in [5.74, 6) is 2.77. The van der Waals surface area contributed by atoms with Gasteiger partial charge in [0.2, 0.25) is 5.91 Å². The summed E-state index contributed by atoms with van der Waals surface area (Å²) in [6.07, 6.45) is 4.19. The van der Waals surface area contributed by atoms with Crippen molar-refractivity contribution < 1.29 is 9.21 Å². The summed E-state index contributed by atoms with van der Waals surface area (Å²) in [5, 5.41) is 2.02. The van der Waals surface area contributed by atoms with E-state index in [-0.39, 0.29) is 11.9 Å². The van der Waals surface area contributed by atoms with Crippen molar-refractivity contribution in [1.82, 2.24) is 9.88 Å². The highest BCUT2D eigenvalue weighted by molar-refractivity contribution is 7.07. The minimum Gasteiger partial charge on any atom is -0.464 e. The van der Waals surface area contributed by atoms with E-state index in [2.05, 4.69) is 18.8 Å². The quantitative estimate of drug-likeness (QED) is 0.823. The summed E-state index contributed by atoms with van der Waals surface area (Å²) in [5.41, 5.74) is 2.83. The smallest absolute Gasteiger partial charge is 0.223 e. The number of carbonyl (C=O) groups is 1. The van der Waals surface area contributed by atoms with Crippen molar-refractivity contribution in [3.05, 3.63) is 40.2 Å². The molecule has 4 nitrogen and oxygen atoms in total. The Morgan fingerprint density at radius 2 is 2.35 bits per heavy atom. The molecule has 2 atom stereocenters. The second-order valence-electron chi connectivity index (χ2n) is 6.37. The third-order valence-corrected chi connectivity index (χ3v) is 5.26. The minimum absolute atomic E-state index is 0.0852. The van der Waals surface area contributed by atoms with E-state index in [0.29, 0.717) is 12.3 Å². The second-order valence-corrected chi connectivity index (χ2v) is 7.09. The van der Waals surface area contributed by atoms with Crippen LogP contribution in [-0.4, -0.2) is 22.3 Å². The predicted molar refractivity (Wildman–Crippen MR) is 91.4 cm³/mol. The van der Waals surface area contributed by atoms with Crippen LogP contribution in [0.4, 0.5) is 0 Å². The Labute approximate surface area is 141 Å². The zero-order valence-corrected chi connectivity index (χ0v) is 14.6. The number of nitrogens with zero attached hydrogens (tertiary/aromatic N) is 2. The lowest BCUT2D eigenvalue weighted by atomic mass is 9.90. The standard InChI is InChI=1S/C18H24N2O2S/c1-3-15-5-6-17(22-15)16-10-13(2)8-9-20(16)18(21)7-4-14-11-23-12-19-14/h5-6,11-13,16H,3-4,7-10H2,1-2H3/t13-,16-/m0/s1. The van der Waals surface area contributed by atoms with Crippen LogP contribution in [0.15, 0.2) is 27.4 Å². The highest BCUT2D eigenvalue weighted by atomic mass is 32.1. The van der Waals surface area contributed by atoms with Gasteiger partial charge in [0.05, 0.1) is 17.2 Å². The van der Waals surface area contributed by atoms with Gasteiger partial charge in [-0.1, -0.05) is 13.8 Å². The monoisotopic (exact) mass is 332 g/mol. The van der Waals surface area contributed by atoms with Gasteiger partial charge >= 0.3 is 0 Å². The zero-order valence-electron chi connectivity index (χ0n) is 13.8. The Morgan fingerprint density at radius 1 is 1.48 bits per heavy atom. The molecule has 1 aliphatic rings. The van der Waals surface area contributed by atoms with Gasteiger partial charge in [-0.05, 0) is 37.3 Å². The molecule has 2 aromatic rings. The number of carbonyl (C=O) groups excluding carboxylic acids is 1. The van der Waals surface area contributed by atoms with Crippen molar-refractivity contribution >= 4 is 17.2 Å². The number of furan rings is 1. The van der Waals surface area contributed by atoms with E-state index in [1.807, 2.05) is 27.9 Å². The summed E-state index contributed by atoms with van der Waals surface area (Å²) in [7, 11) is 0. The third-order valence-electron chi connectivity index (χ3n) is 4.62. The average Bonchev–Trinajstić information content (AvgIpc) is 3.23. The SMILES string of the molecule is CCc1ccc([C@@H]2C[C@@H](C)CCN2C(=O)CCc2cscn2)o1. The third kappa shape index (κ3) is 3.83. The van der Waals surface area contributed by atoms with Crippen molar-refractivity contribution in [3.8, 4) is 0 Å². The van der Waals surface area contributed by atoms with E-state index in [0.717, 1.165) is 49.4 Å². The molecule has 1 saturated heterocycles. The fourth-order valence-electron chi connectivity index (χ4n) is 3.21. The number of hydrogen-bond acceptors (Lipinski definition) is 4. The molecule has 0 N–H and O–H groups in total. The molecular formula is C18H24N2O2S. The summed E-state index contributed by atoms with van der Waals surface area (Å²) in [6, 6.07) is 4.16. The summed E-state index contributed by atoms with van der Waals surface area (Å²) in [4.78, 5) is 19.0. The fraction of sp³-hybridized carbons (Fsp3) is 0.556. The van der Waals surface area contributed by atoms with E-state index in [1.165, 1.54) is 0 Å². The lowest BCUT2D eigenvalue weighted by molar-refractivity contribution is -0.136. The van der Waals surface area contributed by atoms with Gasteiger partial charge in [-0.3, -0.25) is 4.79 Å². The molecule has 0 aliphatic carbocycles. The minimum atomic E-state index is 0.0852. The predicted octanol–water partition coefficient (Wildman–Crippen LogP) is 4.23. The average molecular weight is 332 g/mol. The van der Waals surface area contributed by atoms with Crippen molar-refractivity contribution in [2.24, 2.45) is 5.92 Å². The summed E-state index contributed by atoms with van der Waals surface area (Å²) < 4.78 is 5.95. The van der Waals surface area contributed by atoms with Crippen molar-refractivity contribution in [3.63, 3.8) is 0 Å². The molecule has 2 aromatic heterocycles. The van der Waals surface area contributed by atoms with E-state index >= 15 is 0 Å². The molecule has 124 valence electrons. The number of rotatable bonds is 5. The molecule has 1 aliphatic heterocycles. The number of aryl methyl sites for hydroxylation is 2. The maximum absolute atomic E-state index is 12.7. The van der Waals surface area contributed by atoms with Crippen molar-refractivity contribution in [1.29, 1.82) is 0 Å². The zero-order chi connectivity index (χ0) is 16.2. The molecular weight excluding hydrogens is 308 g/mol. The van der Waals surface area contributed by atoms with Crippen LogP contribution >= 0.6 is 11.3 Å². The molecule has 0 unspecified atom stereocenters. The summed E-state index contributed by atoms with van der Waals surface area (Å²) >= 11 is 1.58. The number of aromatic nitrogens is 1. The Balaban J connectivity index is 1.70. The van der Waals surface area contributed by atoms with Gasteiger partial charge in [-0.25, -0.2) is 4.98 Å². The number of likely N-dealkylation sites (tertiary alicyclic amines) is 1. The van der Waals surface area contributed by atoms with Gasteiger partial charge in [-0.2, -0.15) is 0 Å². The van der Waals surface area contributed by atoms with Crippen LogP contribution in [0, 0.1) is 5.92 Å². The van der Waals surface area contributed by atoms with Crippen LogP contribution in [-0.2, 0) is 17.6 Å². The fourth-order valence-corrected chi connectivity index (χ4v) is 3.81. The van der Waals surface area contributed by atoms with Gasteiger partial charge in [0, 0.05) is 24.8 Å². The van der Waals surface area contributed by atoms with E-state index in [1.54, 1.807) is 11.3 Å². The molecule has 0 radical (unpaired) electrons. The molecule has 0 bridgehead atoms. The van der Waals surface area contributed by atoms with Crippen LogP contribution in [0.3, 0.4) is 0 Å². The van der Waals surface area contributed by atoms with E-state index < -0.39 is 0 Å². The van der Waals surface area contributed by atoms with Crippen molar-refractivity contribution in [2.45, 2.75) is 52.0 Å². The van der Waals surface area contributed by atoms with Crippen LogP contribution in [0.1, 0.15) is 56.4 Å². The van der Waals surface area contributed by atoms with Crippen molar-refractivity contribution in [2.75, 3.05) is 6.54 Å². The topological polar surface area (TPSA) is 46.3 Å². The van der Waals surface area contributed by atoms with Crippen LogP contribution < -0.4 is 0 Å². The maximum Gasteiger partial charge on any atom is 0.223 e. The van der Waals surface area contributed by atoms with E-state index in [4.69, 9.17) is 4.42 Å². The lowest BCUT2D eigenvalue weighted by Crippen LogP contribution is -2.40. The normalized spacial score (nSPS) is 21.6. The number of piperidine rings is 1. The van der Waals surface area contributed by atoms with Crippen LogP contribution in [0.25, 0.3) is 0 Å². The molecule has 1 amide bonds. The molecule has 0 saturated carbocycles. The van der Waals surface area contributed by atoms with Gasteiger partial charge in [-0.15, -0.1) is 11.3 Å². The van der Waals surface area contributed by atoms with Gasteiger partial charge in [0.25, 0.3) is 0 Å². The first-order valence-corrected chi connectivity index (χ1v) is 9.36. The second kappa shape index (κ2) is 7.30. The largest absolute Gasteiger partial charge is 0.464 e. The lowest BCUT2D eigenvalue weighted by Gasteiger charge is -2.37. The number of amides is 1. The van der Waals surface area contributed by atoms with Crippen LogP contribution in [0.2, 0.25) is 0 Å². The van der Waals surface area contributed by atoms with Crippen LogP contribution in [0.5, 0.6) is 0 Å². The van der Waals surface area contributed by atoms with Gasteiger partial charge in [0.15, 0.2) is 0 Å². The highest BCUT2D eigenvalue weighted by Crippen LogP contribution is 2.35. The van der Waals surface area contributed by atoms with Gasteiger partial charge < -0.3 is 9.32 Å². The molecule has 0 spiro atoms. The first kappa shape index (κ1) is 16.2. The first-order valence-electron chi connectivity index (χ1n) is 8.42. The summed E-state index contributed by atoms with van der Waals surface area (Å²) in [6.45, 7) is 5.17. The van der Waals surface area contributed by atoms with E-state index in [9.17, 15) is 4.79 Å².